The van der Waals surface area contributed by atoms with Gasteiger partial charge in [0, 0.05) is 22.8 Å². The zero-order valence-electron chi connectivity index (χ0n) is 10.8. The SMILES string of the molecule is N[C@@H](C(=O)Nc1ccc2[nH]ccc2c1)c1ccccc1. The third-order valence-electron chi connectivity index (χ3n) is 3.26. The standard InChI is InChI=1S/C16H15N3O/c17-15(11-4-2-1-3-5-11)16(20)19-13-6-7-14-12(10-13)8-9-18-14/h1-10,15,18H,17H2,(H,19,20)/t15-/m1/s1. The Morgan fingerprint density at radius 1 is 1.10 bits per heavy atom. The second-order valence-corrected chi connectivity index (χ2v) is 4.66. The van der Waals surface area contributed by atoms with E-state index in [1.165, 1.54) is 0 Å². The summed E-state index contributed by atoms with van der Waals surface area (Å²) in [6.07, 6.45) is 1.87. The summed E-state index contributed by atoms with van der Waals surface area (Å²) in [6.45, 7) is 0. The van der Waals surface area contributed by atoms with E-state index in [0.717, 1.165) is 22.2 Å². The van der Waals surface area contributed by atoms with Gasteiger partial charge < -0.3 is 16.0 Å². The fraction of sp³-hybridized carbons (Fsp3) is 0.0625. The Balaban J connectivity index is 1.78. The fourth-order valence-electron chi connectivity index (χ4n) is 2.16. The summed E-state index contributed by atoms with van der Waals surface area (Å²) in [5.41, 5.74) is 8.54. The topological polar surface area (TPSA) is 70.9 Å². The van der Waals surface area contributed by atoms with Crippen LogP contribution in [0.4, 0.5) is 5.69 Å². The van der Waals surface area contributed by atoms with Crippen molar-refractivity contribution in [3.8, 4) is 0 Å². The lowest BCUT2D eigenvalue weighted by molar-refractivity contribution is -0.117. The van der Waals surface area contributed by atoms with Crippen LogP contribution >= 0.6 is 0 Å². The lowest BCUT2D eigenvalue weighted by atomic mass is 10.1. The minimum absolute atomic E-state index is 0.217. The molecule has 20 heavy (non-hydrogen) atoms. The molecule has 0 unspecified atom stereocenters. The molecule has 0 aliphatic rings. The summed E-state index contributed by atoms with van der Waals surface area (Å²) in [7, 11) is 0. The molecule has 100 valence electrons. The van der Waals surface area contributed by atoms with E-state index in [2.05, 4.69) is 10.3 Å². The molecule has 0 bridgehead atoms. The number of nitrogens with one attached hydrogen (secondary N) is 2. The Morgan fingerprint density at radius 2 is 1.90 bits per heavy atom. The molecular formula is C16H15N3O. The molecule has 4 nitrogen and oxygen atoms in total. The molecule has 0 fully saturated rings. The molecule has 1 atom stereocenters. The van der Waals surface area contributed by atoms with Gasteiger partial charge in [0.25, 0.3) is 0 Å². The number of rotatable bonds is 3. The van der Waals surface area contributed by atoms with E-state index in [1.54, 1.807) is 0 Å². The first-order valence-corrected chi connectivity index (χ1v) is 6.42. The number of aromatic nitrogens is 1. The normalized spacial score (nSPS) is 12.2. The van der Waals surface area contributed by atoms with Gasteiger partial charge in [-0.1, -0.05) is 30.3 Å². The van der Waals surface area contributed by atoms with Crippen LogP contribution in [0.3, 0.4) is 0 Å². The summed E-state index contributed by atoms with van der Waals surface area (Å²) in [5.74, 6) is -0.217. The van der Waals surface area contributed by atoms with Crippen molar-refractivity contribution in [1.29, 1.82) is 0 Å². The van der Waals surface area contributed by atoms with Crippen molar-refractivity contribution in [3.63, 3.8) is 0 Å². The zero-order chi connectivity index (χ0) is 13.9. The first-order valence-electron chi connectivity index (χ1n) is 6.42. The maximum absolute atomic E-state index is 12.1. The van der Waals surface area contributed by atoms with E-state index in [4.69, 9.17) is 5.73 Å². The van der Waals surface area contributed by atoms with Crippen molar-refractivity contribution in [2.75, 3.05) is 5.32 Å². The quantitative estimate of drug-likeness (QED) is 0.681. The first kappa shape index (κ1) is 12.4. The highest BCUT2D eigenvalue weighted by atomic mass is 16.2. The van der Waals surface area contributed by atoms with E-state index in [-0.39, 0.29) is 5.91 Å². The first-order chi connectivity index (χ1) is 9.74. The molecule has 4 N–H and O–H groups in total. The summed E-state index contributed by atoms with van der Waals surface area (Å²) in [6, 6.07) is 16.3. The second kappa shape index (κ2) is 5.19. The molecule has 1 amide bonds. The van der Waals surface area contributed by atoms with Crippen LogP contribution in [-0.4, -0.2) is 10.9 Å². The third kappa shape index (κ3) is 2.41. The lowest BCUT2D eigenvalue weighted by Gasteiger charge is -2.12. The second-order valence-electron chi connectivity index (χ2n) is 4.66. The molecule has 4 heteroatoms. The molecule has 0 aliphatic heterocycles. The van der Waals surface area contributed by atoms with Gasteiger partial charge in [0.2, 0.25) is 5.91 Å². The van der Waals surface area contributed by atoms with Crippen LogP contribution in [0, 0.1) is 0 Å². The summed E-state index contributed by atoms with van der Waals surface area (Å²) >= 11 is 0. The van der Waals surface area contributed by atoms with Crippen molar-refractivity contribution in [2.45, 2.75) is 6.04 Å². The van der Waals surface area contributed by atoms with Crippen molar-refractivity contribution in [2.24, 2.45) is 5.73 Å². The van der Waals surface area contributed by atoms with E-state index in [9.17, 15) is 4.79 Å². The van der Waals surface area contributed by atoms with E-state index >= 15 is 0 Å². The van der Waals surface area contributed by atoms with Gasteiger partial charge in [0.1, 0.15) is 6.04 Å². The number of benzene rings is 2. The highest BCUT2D eigenvalue weighted by Gasteiger charge is 2.15. The Kier molecular flexibility index (Phi) is 3.23. The van der Waals surface area contributed by atoms with Crippen LogP contribution < -0.4 is 11.1 Å². The van der Waals surface area contributed by atoms with Gasteiger partial charge in [0.05, 0.1) is 0 Å². The number of H-pyrrole nitrogens is 1. The highest BCUT2D eigenvalue weighted by Crippen LogP contribution is 2.19. The third-order valence-corrected chi connectivity index (χ3v) is 3.26. The Labute approximate surface area is 116 Å². The predicted octanol–water partition coefficient (Wildman–Crippen LogP) is 2.81. The largest absolute Gasteiger partial charge is 0.361 e. The molecule has 0 saturated carbocycles. The van der Waals surface area contributed by atoms with Gasteiger partial charge in [-0.05, 0) is 29.8 Å². The van der Waals surface area contributed by atoms with Crippen molar-refractivity contribution in [3.05, 3.63) is 66.4 Å². The number of nitrogens with two attached hydrogens (primary N) is 1. The van der Waals surface area contributed by atoms with E-state index in [1.807, 2.05) is 60.8 Å². The number of aromatic amines is 1. The molecule has 3 rings (SSSR count). The minimum atomic E-state index is -0.668. The molecule has 0 spiro atoms. The maximum atomic E-state index is 12.1. The summed E-state index contributed by atoms with van der Waals surface area (Å²) in [4.78, 5) is 15.3. The smallest absolute Gasteiger partial charge is 0.245 e. The van der Waals surface area contributed by atoms with Crippen LogP contribution in [0.2, 0.25) is 0 Å². The van der Waals surface area contributed by atoms with Gasteiger partial charge >= 0.3 is 0 Å². The summed E-state index contributed by atoms with van der Waals surface area (Å²) in [5, 5.41) is 3.90. The van der Waals surface area contributed by atoms with Crippen LogP contribution in [0.1, 0.15) is 11.6 Å². The molecule has 1 aromatic heterocycles. The molecule has 1 heterocycles. The number of anilines is 1. The number of hydrogen-bond donors (Lipinski definition) is 3. The Hall–Kier alpha value is -2.59. The predicted molar refractivity (Wildman–Crippen MR) is 80.3 cm³/mol. The van der Waals surface area contributed by atoms with Crippen molar-refractivity contribution >= 4 is 22.5 Å². The van der Waals surface area contributed by atoms with Gasteiger partial charge in [-0.3, -0.25) is 4.79 Å². The fourth-order valence-corrected chi connectivity index (χ4v) is 2.16. The molecule has 0 radical (unpaired) electrons. The number of fused-ring (bicyclic) bond motifs is 1. The Morgan fingerprint density at radius 3 is 2.70 bits per heavy atom. The van der Waals surface area contributed by atoms with Crippen LogP contribution in [0.25, 0.3) is 10.9 Å². The molecular weight excluding hydrogens is 250 g/mol. The van der Waals surface area contributed by atoms with Gasteiger partial charge in [-0.25, -0.2) is 0 Å². The number of hydrogen-bond acceptors (Lipinski definition) is 2. The lowest BCUT2D eigenvalue weighted by Crippen LogP contribution is -2.27. The van der Waals surface area contributed by atoms with Crippen molar-refractivity contribution < 1.29 is 4.79 Å². The highest BCUT2D eigenvalue weighted by molar-refractivity contribution is 5.97. The molecule has 2 aromatic carbocycles. The van der Waals surface area contributed by atoms with Crippen molar-refractivity contribution in [1.82, 2.24) is 4.98 Å². The van der Waals surface area contributed by atoms with E-state index in [0.29, 0.717) is 0 Å². The molecule has 0 saturated heterocycles. The number of amides is 1. The average molecular weight is 265 g/mol. The van der Waals surface area contributed by atoms with Crippen LogP contribution in [0.5, 0.6) is 0 Å². The van der Waals surface area contributed by atoms with Gasteiger partial charge in [-0.15, -0.1) is 0 Å². The maximum Gasteiger partial charge on any atom is 0.245 e. The number of carbonyl (C=O) groups is 1. The van der Waals surface area contributed by atoms with Crippen LogP contribution in [-0.2, 0) is 4.79 Å². The average Bonchev–Trinajstić information content (AvgIpc) is 2.95. The monoisotopic (exact) mass is 265 g/mol. The van der Waals surface area contributed by atoms with Gasteiger partial charge in [-0.2, -0.15) is 0 Å². The summed E-state index contributed by atoms with van der Waals surface area (Å²) < 4.78 is 0. The zero-order valence-corrected chi connectivity index (χ0v) is 10.8. The van der Waals surface area contributed by atoms with Crippen LogP contribution in [0.15, 0.2) is 60.8 Å². The van der Waals surface area contributed by atoms with Gasteiger partial charge in [0.15, 0.2) is 0 Å². The molecule has 3 aromatic rings. The molecule has 0 aliphatic carbocycles. The number of carbonyl (C=O) groups excluding carboxylic acids is 1. The minimum Gasteiger partial charge on any atom is -0.361 e. The van der Waals surface area contributed by atoms with E-state index < -0.39 is 6.04 Å². The Bertz CT molecular complexity index is 734.